The van der Waals surface area contributed by atoms with Crippen molar-refractivity contribution in [2.75, 3.05) is 32.8 Å². The van der Waals surface area contributed by atoms with Crippen LogP contribution in [0.2, 0.25) is 0 Å². The molecule has 0 aliphatic carbocycles. The molecule has 0 saturated carbocycles. The maximum Gasteiger partial charge on any atom is 0.290 e. The highest BCUT2D eigenvalue weighted by Crippen LogP contribution is 2.03. The molecule has 0 bridgehead atoms. The van der Waals surface area contributed by atoms with Crippen molar-refractivity contribution in [1.82, 2.24) is 19.4 Å². The van der Waals surface area contributed by atoms with Gasteiger partial charge in [0.2, 0.25) is 0 Å². The molecule has 0 atom stereocenters. The minimum atomic E-state index is -0.250. The SMILES string of the molecule is O=CO.O=c1c2cnccc2ncn1CCN1CCOCC1. The molecule has 3 heterocycles. The van der Waals surface area contributed by atoms with Crippen molar-refractivity contribution in [3.63, 3.8) is 0 Å². The van der Waals surface area contributed by atoms with E-state index in [4.69, 9.17) is 14.6 Å². The van der Waals surface area contributed by atoms with Crippen LogP contribution in [0.15, 0.2) is 29.6 Å². The average molecular weight is 306 g/mol. The molecule has 0 amide bonds. The average Bonchev–Trinajstić information content (AvgIpc) is 2.56. The number of fused-ring (bicyclic) bond motifs is 1. The Hall–Kier alpha value is -2.32. The maximum absolute atomic E-state index is 12.2. The Kier molecular flexibility index (Phi) is 5.99. The third-order valence-electron chi connectivity index (χ3n) is 3.39. The molecule has 22 heavy (non-hydrogen) atoms. The van der Waals surface area contributed by atoms with Gasteiger partial charge in [-0.25, -0.2) is 4.98 Å². The number of nitrogens with zero attached hydrogens (tertiary/aromatic N) is 4. The van der Waals surface area contributed by atoms with E-state index in [0.717, 1.165) is 32.8 Å². The van der Waals surface area contributed by atoms with Gasteiger partial charge in [0.05, 0.1) is 30.4 Å². The van der Waals surface area contributed by atoms with Crippen LogP contribution in [0.1, 0.15) is 0 Å². The lowest BCUT2D eigenvalue weighted by Crippen LogP contribution is -2.39. The molecule has 1 aliphatic rings. The first kappa shape index (κ1) is 16.1. The molecule has 1 saturated heterocycles. The van der Waals surface area contributed by atoms with E-state index in [2.05, 4.69) is 14.9 Å². The Morgan fingerprint density at radius 3 is 2.77 bits per heavy atom. The van der Waals surface area contributed by atoms with Gasteiger partial charge in [-0.05, 0) is 6.07 Å². The van der Waals surface area contributed by atoms with E-state index >= 15 is 0 Å². The van der Waals surface area contributed by atoms with Gasteiger partial charge in [0, 0.05) is 38.6 Å². The summed E-state index contributed by atoms with van der Waals surface area (Å²) in [7, 11) is 0. The van der Waals surface area contributed by atoms with E-state index in [9.17, 15) is 4.79 Å². The van der Waals surface area contributed by atoms with Crippen LogP contribution in [0.25, 0.3) is 10.9 Å². The molecular formula is C14H18N4O4. The smallest absolute Gasteiger partial charge is 0.290 e. The lowest BCUT2D eigenvalue weighted by molar-refractivity contribution is -0.122. The quantitative estimate of drug-likeness (QED) is 0.786. The van der Waals surface area contributed by atoms with Gasteiger partial charge in [0.15, 0.2) is 0 Å². The van der Waals surface area contributed by atoms with Crippen LogP contribution >= 0.6 is 0 Å². The molecule has 2 aromatic heterocycles. The fraction of sp³-hybridized carbons (Fsp3) is 0.429. The van der Waals surface area contributed by atoms with E-state index < -0.39 is 0 Å². The van der Waals surface area contributed by atoms with Crippen LogP contribution in [0.3, 0.4) is 0 Å². The fourth-order valence-corrected chi connectivity index (χ4v) is 2.24. The zero-order valence-electron chi connectivity index (χ0n) is 12.1. The molecule has 1 fully saturated rings. The zero-order valence-corrected chi connectivity index (χ0v) is 12.1. The van der Waals surface area contributed by atoms with Gasteiger partial charge in [-0.2, -0.15) is 0 Å². The van der Waals surface area contributed by atoms with E-state index in [0.29, 0.717) is 17.4 Å². The Bertz CT molecular complexity index is 667. The van der Waals surface area contributed by atoms with Gasteiger partial charge in [-0.3, -0.25) is 24.0 Å². The molecule has 1 N–H and O–H groups in total. The van der Waals surface area contributed by atoms with Crippen molar-refractivity contribution in [3.05, 3.63) is 35.1 Å². The molecule has 0 spiro atoms. The highest BCUT2D eigenvalue weighted by atomic mass is 16.5. The summed E-state index contributed by atoms with van der Waals surface area (Å²) in [5.41, 5.74) is 0.675. The third kappa shape index (κ3) is 4.09. The van der Waals surface area contributed by atoms with Gasteiger partial charge >= 0.3 is 0 Å². The Balaban J connectivity index is 0.000000545. The van der Waals surface area contributed by atoms with Crippen LogP contribution in [0.4, 0.5) is 0 Å². The first-order valence-electron chi connectivity index (χ1n) is 6.93. The van der Waals surface area contributed by atoms with Gasteiger partial charge in [0.25, 0.3) is 12.0 Å². The van der Waals surface area contributed by atoms with Crippen LogP contribution in [-0.4, -0.2) is 63.9 Å². The molecule has 0 aromatic carbocycles. The number of morpholine rings is 1. The third-order valence-corrected chi connectivity index (χ3v) is 3.39. The highest BCUT2D eigenvalue weighted by Gasteiger charge is 2.11. The summed E-state index contributed by atoms with van der Waals surface area (Å²) in [6, 6.07) is 1.75. The molecule has 0 unspecified atom stereocenters. The fourth-order valence-electron chi connectivity index (χ4n) is 2.24. The van der Waals surface area contributed by atoms with Crippen LogP contribution in [0, 0.1) is 0 Å². The molecule has 8 nitrogen and oxygen atoms in total. The van der Waals surface area contributed by atoms with E-state index in [1.54, 1.807) is 29.4 Å². The number of carboxylic acid groups (broad SMARTS) is 1. The predicted octanol–water partition coefficient (Wildman–Crippen LogP) is -0.175. The predicted molar refractivity (Wildman–Crippen MR) is 79.7 cm³/mol. The second-order valence-corrected chi connectivity index (χ2v) is 4.70. The van der Waals surface area contributed by atoms with Gasteiger partial charge in [-0.1, -0.05) is 0 Å². The molecule has 3 rings (SSSR count). The summed E-state index contributed by atoms with van der Waals surface area (Å²) in [6.07, 6.45) is 4.84. The summed E-state index contributed by atoms with van der Waals surface area (Å²) in [5.74, 6) is 0. The second-order valence-electron chi connectivity index (χ2n) is 4.70. The molecule has 8 heteroatoms. The largest absolute Gasteiger partial charge is 0.483 e. The lowest BCUT2D eigenvalue weighted by Gasteiger charge is -2.26. The Morgan fingerprint density at radius 2 is 2.05 bits per heavy atom. The van der Waals surface area contributed by atoms with E-state index in [-0.39, 0.29) is 12.0 Å². The number of hydrogen-bond acceptors (Lipinski definition) is 6. The van der Waals surface area contributed by atoms with E-state index in [1.807, 2.05) is 0 Å². The normalized spacial score (nSPS) is 15.1. The van der Waals surface area contributed by atoms with Crippen LogP contribution < -0.4 is 5.56 Å². The Morgan fingerprint density at radius 1 is 1.32 bits per heavy atom. The minimum Gasteiger partial charge on any atom is -0.483 e. The van der Waals surface area contributed by atoms with Gasteiger partial charge in [-0.15, -0.1) is 0 Å². The summed E-state index contributed by atoms with van der Waals surface area (Å²) in [6.45, 7) is 4.64. The maximum atomic E-state index is 12.2. The summed E-state index contributed by atoms with van der Waals surface area (Å²) in [4.78, 5) is 31.2. The number of aromatic nitrogens is 3. The zero-order chi connectivity index (χ0) is 15.8. The number of hydrogen-bond donors (Lipinski definition) is 1. The van der Waals surface area contributed by atoms with Crippen molar-refractivity contribution in [3.8, 4) is 0 Å². The highest BCUT2D eigenvalue weighted by molar-refractivity contribution is 5.75. The second kappa shape index (κ2) is 8.20. The first-order chi connectivity index (χ1) is 10.8. The number of ether oxygens (including phenoxy) is 1. The van der Waals surface area contributed by atoms with Crippen LogP contribution in [0.5, 0.6) is 0 Å². The van der Waals surface area contributed by atoms with Crippen molar-refractivity contribution in [2.45, 2.75) is 6.54 Å². The number of rotatable bonds is 3. The summed E-state index contributed by atoms with van der Waals surface area (Å²) < 4.78 is 6.95. The first-order valence-corrected chi connectivity index (χ1v) is 6.93. The topological polar surface area (TPSA) is 97.5 Å². The Labute approximate surface area is 127 Å². The molecule has 1 aliphatic heterocycles. The van der Waals surface area contributed by atoms with Crippen molar-refractivity contribution >= 4 is 17.4 Å². The number of pyridine rings is 1. The van der Waals surface area contributed by atoms with Crippen molar-refractivity contribution in [2.24, 2.45) is 0 Å². The molecule has 118 valence electrons. The summed E-state index contributed by atoms with van der Waals surface area (Å²) in [5, 5.41) is 7.46. The van der Waals surface area contributed by atoms with Crippen molar-refractivity contribution in [1.29, 1.82) is 0 Å². The minimum absolute atomic E-state index is 0.0219. The summed E-state index contributed by atoms with van der Waals surface area (Å²) >= 11 is 0. The number of carbonyl (C=O) groups is 1. The standard InChI is InChI=1S/C13H16N4O2.CH2O2/c18-13-11-9-14-2-1-12(11)15-10-17(13)4-3-16-5-7-19-8-6-16;2-1-3/h1-2,9-10H,3-8H2;1H,(H,2,3). The van der Waals surface area contributed by atoms with Gasteiger partial charge < -0.3 is 9.84 Å². The monoisotopic (exact) mass is 306 g/mol. The molecule has 2 aromatic rings. The lowest BCUT2D eigenvalue weighted by atomic mass is 10.3. The van der Waals surface area contributed by atoms with Crippen LogP contribution in [-0.2, 0) is 16.1 Å². The molecule has 0 radical (unpaired) electrons. The van der Waals surface area contributed by atoms with E-state index in [1.165, 1.54) is 0 Å². The van der Waals surface area contributed by atoms with Crippen molar-refractivity contribution < 1.29 is 14.6 Å². The molecular weight excluding hydrogens is 288 g/mol. The van der Waals surface area contributed by atoms with Gasteiger partial charge in [0.1, 0.15) is 0 Å².